The van der Waals surface area contributed by atoms with Gasteiger partial charge in [-0.25, -0.2) is 8.42 Å². The molecule has 0 aliphatic carbocycles. The van der Waals surface area contributed by atoms with Crippen LogP contribution in [0, 0.1) is 5.41 Å². The minimum atomic E-state index is -3.21. The van der Waals surface area contributed by atoms with Gasteiger partial charge in [0.2, 0.25) is 0 Å². The van der Waals surface area contributed by atoms with Gasteiger partial charge in [0.1, 0.15) is 4.16 Å². The highest BCUT2D eigenvalue weighted by atomic mass is 79.9. The predicted octanol–water partition coefficient (Wildman–Crippen LogP) is 1.55. The molecular weight excluding hydrogens is 256 g/mol. The van der Waals surface area contributed by atoms with Crippen LogP contribution in [-0.4, -0.2) is 29.5 Å². The zero-order chi connectivity index (χ0) is 10.9. The number of hydrogen-bond donors (Lipinski definition) is 1. The lowest BCUT2D eigenvalue weighted by Crippen LogP contribution is -2.39. The Morgan fingerprint density at radius 1 is 1.38 bits per heavy atom. The molecule has 0 aromatic rings. The number of alkyl halides is 1. The average Bonchev–Trinajstić information content (AvgIpc) is 2.00. The van der Waals surface area contributed by atoms with Crippen molar-refractivity contribution in [1.29, 1.82) is 0 Å². The maximum atomic E-state index is 11.4. The third-order valence-corrected chi connectivity index (χ3v) is 5.84. The fraction of sp³-hybridized carbons (Fsp3) is 1.00. The molecule has 0 heterocycles. The van der Waals surface area contributed by atoms with E-state index in [9.17, 15) is 13.5 Å². The molecule has 0 spiro atoms. The molecule has 0 fully saturated rings. The van der Waals surface area contributed by atoms with Crippen LogP contribution in [0.3, 0.4) is 0 Å². The quantitative estimate of drug-likeness (QED) is 0.794. The Morgan fingerprint density at radius 3 is 2.00 bits per heavy atom. The van der Waals surface area contributed by atoms with Crippen molar-refractivity contribution in [2.75, 3.05) is 5.75 Å². The largest absolute Gasteiger partial charge is 0.390 e. The Balaban J connectivity index is 4.73. The topological polar surface area (TPSA) is 54.4 Å². The van der Waals surface area contributed by atoms with Crippen molar-refractivity contribution in [3.63, 3.8) is 0 Å². The van der Waals surface area contributed by atoms with Gasteiger partial charge >= 0.3 is 0 Å². The highest BCUT2D eigenvalue weighted by molar-refractivity contribution is 9.11. The summed E-state index contributed by atoms with van der Waals surface area (Å²) in [5.74, 6) is 0.0378. The minimum absolute atomic E-state index is 0.0378. The summed E-state index contributed by atoms with van der Waals surface area (Å²) in [6.45, 7) is 6.98. The van der Waals surface area contributed by atoms with Gasteiger partial charge in [0.15, 0.2) is 9.84 Å². The molecule has 2 unspecified atom stereocenters. The molecule has 80 valence electrons. The maximum Gasteiger partial charge on any atom is 0.165 e. The van der Waals surface area contributed by atoms with E-state index in [-0.39, 0.29) is 5.75 Å². The summed E-state index contributed by atoms with van der Waals surface area (Å²) < 4.78 is 21.9. The first-order chi connectivity index (χ1) is 5.63. The van der Waals surface area contributed by atoms with Crippen LogP contribution in [0.15, 0.2) is 0 Å². The van der Waals surface area contributed by atoms with Gasteiger partial charge < -0.3 is 5.11 Å². The zero-order valence-electron chi connectivity index (χ0n) is 8.41. The second-order valence-corrected chi connectivity index (χ2v) is 8.12. The van der Waals surface area contributed by atoms with Gasteiger partial charge in [-0.1, -0.05) is 43.6 Å². The monoisotopic (exact) mass is 272 g/mol. The lowest BCUT2D eigenvalue weighted by atomic mass is 9.90. The molecule has 0 radical (unpaired) electrons. The van der Waals surface area contributed by atoms with Crippen molar-refractivity contribution in [3.8, 4) is 0 Å². The third kappa shape index (κ3) is 3.56. The van der Waals surface area contributed by atoms with E-state index in [0.29, 0.717) is 0 Å². The van der Waals surface area contributed by atoms with Crippen LogP contribution in [0.1, 0.15) is 27.7 Å². The molecule has 0 aliphatic rings. The van der Waals surface area contributed by atoms with E-state index in [0.717, 1.165) is 0 Å². The van der Waals surface area contributed by atoms with E-state index in [4.69, 9.17) is 0 Å². The van der Waals surface area contributed by atoms with E-state index in [1.54, 1.807) is 27.7 Å². The van der Waals surface area contributed by atoms with Crippen LogP contribution in [0.5, 0.6) is 0 Å². The number of aliphatic hydroxyl groups excluding tert-OH is 1. The smallest absolute Gasteiger partial charge is 0.165 e. The highest BCUT2D eigenvalue weighted by Crippen LogP contribution is 2.28. The molecule has 0 aromatic carbocycles. The molecule has 0 saturated heterocycles. The molecule has 1 N–H and O–H groups in total. The lowest BCUT2D eigenvalue weighted by Gasteiger charge is -2.29. The molecule has 0 saturated carbocycles. The number of halogens is 1. The van der Waals surface area contributed by atoms with E-state index < -0.39 is 25.5 Å². The molecule has 0 aliphatic heterocycles. The van der Waals surface area contributed by atoms with E-state index in [2.05, 4.69) is 15.9 Å². The van der Waals surface area contributed by atoms with Gasteiger partial charge in [-0.3, -0.25) is 0 Å². The molecule has 3 nitrogen and oxygen atoms in total. The second-order valence-electron chi connectivity index (χ2n) is 4.11. The van der Waals surface area contributed by atoms with E-state index in [1.165, 1.54) is 0 Å². The molecule has 0 bridgehead atoms. The van der Waals surface area contributed by atoms with Crippen molar-refractivity contribution >= 4 is 25.8 Å². The fourth-order valence-electron chi connectivity index (χ4n) is 0.749. The molecule has 5 heteroatoms. The van der Waals surface area contributed by atoms with Crippen molar-refractivity contribution in [2.24, 2.45) is 5.41 Å². The molecular formula is C8H17BrO3S. The van der Waals surface area contributed by atoms with Crippen LogP contribution in [-0.2, 0) is 9.84 Å². The number of hydrogen-bond acceptors (Lipinski definition) is 3. The van der Waals surface area contributed by atoms with Gasteiger partial charge in [-0.15, -0.1) is 0 Å². The highest BCUT2D eigenvalue weighted by Gasteiger charge is 2.36. The average molecular weight is 273 g/mol. The summed E-state index contributed by atoms with van der Waals surface area (Å²) in [7, 11) is -3.21. The number of rotatable bonds is 3. The van der Waals surface area contributed by atoms with Gasteiger partial charge in [-0.05, 0) is 5.41 Å². The Hall–Kier alpha value is 0.390. The van der Waals surface area contributed by atoms with Crippen LogP contribution in [0.25, 0.3) is 0 Å². The minimum Gasteiger partial charge on any atom is -0.390 e. The van der Waals surface area contributed by atoms with Crippen molar-refractivity contribution in [2.45, 2.75) is 38.0 Å². The van der Waals surface area contributed by atoms with Crippen LogP contribution < -0.4 is 0 Å². The number of aliphatic hydroxyl groups is 1. The Labute approximate surface area is 88.6 Å². The third-order valence-electron chi connectivity index (χ3n) is 1.88. The summed E-state index contributed by atoms with van der Waals surface area (Å²) in [6.07, 6.45) is -0.891. The van der Waals surface area contributed by atoms with Crippen LogP contribution in [0.2, 0.25) is 0 Å². The summed E-state index contributed by atoms with van der Waals surface area (Å²) in [5.41, 5.74) is -0.434. The molecule has 0 amide bonds. The standard InChI is InChI=1S/C8H17BrO3S/c1-5-13(11,12)7(9)6(10)8(2,3)4/h6-7,10H,5H2,1-4H3. The summed E-state index contributed by atoms with van der Waals surface area (Å²) in [5, 5.41) is 9.69. The molecule has 0 aromatic heterocycles. The fourth-order valence-corrected chi connectivity index (χ4v) is 3.45. The molecule has 2 atom stereocenters. The second kappa shape index (κ2) is 4.28. The Kier molecular flexibility index (Phi) is 4.40. The Bertz CT molecular complexity index is 253. The lowest BCUT2D eigenvalue weighted by molar-refractivity contribution is 0.0772. The SMILES string of the molecule is CCS(=O)(=O)C(Br)C(O)C(C)(C)C. The van der Waals surface area contributed by atoms with Crippen molar-refractivity contribution in [3.05, 3.63) is 0 Å². The normalized spacial score (nSPS) is 18.3. The van der Waals surface area contributed by atoms with Gasteiger partial charge in [-0.2, -0.15) is 0 Å². The molecule has 0 rings (SSSR count). The van der Waals surface area contributed by atoms with Crippen LogP contribution >= 0.6 is 15.9 Å². The summed E-state index contributed by atoms with van der Waals surface area (Å²) in [4.78, 5) is 0. The first kappa shape index (κ1) is 13.4. The zero-order valence-corrected chi connectivity index (χ0v) is 10.8. The maximum absolute atomic E-state index is 11.4. The number of sulfone groups is 1. The van der Waals surface area contributed by atoms with Crippen molar-refractivity contribution in [1.82, 2.24) is 0 Å². The van der Waals surface area contributed by atoms with E-state index in [1.807, 2.05) is 0 Å². The van der Waals surface area contributed by atoms with Gasteiger partial charge in [0.05, 0.1) is 6.10 Å². The van der Waals surface area contributed by atoms with Gasteiger partial charge in [0, 0.05) is 5.75 Å². The van der Waals surface area contributed by atoms with Gasteiger partial charge in [0.25, 0.3) is 0 Å². The van der Waals surface area contributed by atoms with E-state index >= 15 is 0 Å². The molecule has 13 heavy (non-hydrogen) atoms. The predicted molar refractivity (Wildman–Crippen MR) is 57.6 cm³/mol. The first-order valence-electron chi connectivity index (χ1n) is 4.16. The van der Waals surface area contributed by atoms with Crippen LogP contribution in [0.4, 0.5) is 0 Å². The summed E-state index contributed by atoms with van der Waals surface area (Å²) in [6, 6.07) is 0. The Morgan fingerprint density at radius 2 is 1.77 bits per heavy atom. The van der Waals surface area contributed by atoms with Crippen molar-refractivity contribution < 1.29 is 13.5 Å². The summed E-state index contributed by atoms with van der Waals surface area (Å²) >= 11 is 3.02. The first-order valence-corrected chi connectivity index (χ1v) is 6.79.